The minimum absolute atomic E-state index is 0.161. The van der Waals surface area contributed by atoms with E-state index in [1.807, 2.05) is 0 Å². The molecule has 1 saturated heterocycles. The highest BCUT2D eigenvalue weighted by atomic mass is 32.2. The van der Waals surface area contributed by atoms with Gasteiger partial charge in [0.15, 0.2) is 0 Å². The number of sulfonamides is 1. The number of hydrogen-bond donors (Lipinski definition) is 0. The Kier molecular flexibility index (Phi) is 5.30. The molecule has 0 aliphatic carbocycles. The largest absolute Gasteiger partial charge is 0.352 e. The van der Waals surface area contributed by atoms with Gasteiger partial charge >= 0.3 is 0 Å². The van der Waals surface area contributed by atoms with Gasteiger partial charge in [-0.25, -0.2) is 13.4 Å². The van der Waals surface area contributed by atoms with Gasteiger partial charge < -0.3 is 9.80 Å². The van der Waals surface area contributed by atoms with E-state index in [9.17, 15) is 13.2 Å². The van der Waals surface area contributed by atoms with Gasteiger partial charge in [-0.2, -0.15) is 4.31 Å². The van der Waals surface area contributed by atoms with E-state index in [2.05, 4.69) is 14.9 Å². The summed E-state index contributed by atoms with van der Waals surface area (Å²) in [6.45, 7) is 2.19. The molecule has 0 saturated carbocycles. The van der Waals surface area contributed by atoms with Crippen LogP contribution >= 0.6 is 11.3 Å². The van der Waals surface area contributed by atoms with Gasteiger partial charge in [-0.3, -0.25) is 9.78 Å². The topological polar surface area (TPSA) is 86.7 Å². The minimum Gasteiger partial charge on any atom is -0.352 e. The van der Waals surface area contributed by atoms with Crippen molar-refractivity contribution in [1.82, 2.24) is 19.2 Å². The molecule has 134 valence electrons. The zero-order valence-electron chi connectivity index (χ0n) is 13.8. The lowest BCUT2D eigenvalue weighted by molar-refractivity contribution is -0.131. The molecular formula is C15H19N5O3S2. The Bertz CT molecular complexity index is 803. The molecular weight excluding hydrogens is 362 g/mol. The summed E-state index contributed by atoms with van der Waals surface area (Å²) in [5.41, 5.74) is 0. The minimum atomic E-state index is -3.61. The Morgan fingerprint density at radius 2 is 2.04 bits per heavy atom. The monoisotopic (exact) mass is 381 g/mol. The lowest BCUT2D eigenvalue weighted by Crippen LogP contribution is -2.51. The molecule has 3 heterocycles. The van der Waals surface area contributed by atoms with E-state index in [-0.39, 0.29) is 16.7 Å². The molecule has 2 aromatic rings. The SMILES string of the molecule is CN(CC(=O)N1CCN(c2cnccn2)CC1)S(=O)(=O)c1cccs1. The number of rotatable bonds is 5. The fourth-order valence-corrected chi connectivity index (χ4v) is 4.90. The van der Waals surface area contributed by atoms with Crippen molar-refractivity contribution < 1.29 is 13.2 Å². The molecule has 0 radical (unpaired) electrons. The molecule has 2 aromatic heterocycles. The van der Waals surface area contributed by atoms with Crippen molar-refractivity contribution in [3.63, 3.8) is 0 Å². The first-order valence-corrected chi connectivity index (χ1v) is 10.1. The molecule has 1 aliphatic heterocycles. The second-order valence-electron chi connectivity index (χ2n) is 5.62. The average Bonchev–Trinajstić information content (AvgIpc) is 3.18. The van der Waals surface area contributed by atoms with Gasteiger partial charge in [0, 0.05) is 45.6 Å². The number of hydrogen-bond acceptors (Lipinski definition) is 7. The summed E-state index contributed by atoms with van der Waals surface area (Å²) in [5, 5.41) is 1.70. The number of carbonyl (C=O) groups excluding carboxylic acids is 1. The van der Waals surface area contributed by atoms with Crippen molar-refractivity contribution in [2.24, 2.45) is 0 Å². The quantitative estimate of drug-likeness (QED) is 0.750. The van der Waals surface area contributed by atoms with Crippen LogP contribution in [0.5, 0.6) is 0 Å². The Labute approximate surface area is 150 Å². The Morgan fingerprint density at radius 1 is 1.28 bits per heavy atom. The van der Waals surface area contributed by atoms with Crippen LogP contribution in [0.2, 0.25) is 0 Å². The summed E-state index contributed by atoms with van der Waals surface area (Å²) in [7, 11) is -2.17. The van der Waals surface area contributed by atoms with Crippen molar-refractivity contribution in [2.45, 2.75) is 4.21 Å². The van der Waals surface area contributed by atoms with Crippen LogP contribution in [0.25, 0.3) is 0 Å². The number of piperazine rings is 1. The summed E-state index contributed by atoms with van der Waals surface area (Å²) in [6, 6.07) is 3.22. The molecule has 1 aliphatic rings. The van der Waals surface area contributed by atoms with Crippen LogP contribution in [0.3, 0.4) is 0 Å². The number of carbonyl (C=O) groups is 1. The van der Waals surface area contributed by atoms with Crippen LogP contribution in [0.15, 0.2) is 40.3 Å². The smallest absolute Gasteiger partial charge is 0.252 e. The average molecular weight is 381 g/mol. The maximum absolute atomic E-state index is 12.4. The molecule has 3 rings (SSSR count). The summed E-state index contributed by atoms with van der Waals surface area (Å²) in [6.07, 6.45) is 4.95. The summed E-state index contributed by atoms with van der Waals surface area (Å²) >= 11 is 1.14. The van der Waals surface area contributed by atoms with E-state index in [0.717, 1.165) is 21.5 Å². The van der Waals surface area contributed by atoms with Gasteiger partial charge in [0.05, 0.1) is 12.7 Å². The molecule has 0 atom stereocenters. The number of thiophene rings is 1. The van der Waals surface area contributed by atoms with Crippen LogP contribution in [0.1, 0.15) is 0 Å². The van der Waals surface area contributed by atoms with E-state index in [1.54, 1.807) is 41.0 Å². The second kappa shape index (κ2) is 7.46. The predicted molar refractivity (Wildman–Crippen MR) is 95.0 cm³/mol. The van der Waals surface area contributed by atoms with Crippen LogP contribution in [-0.4, -0.2) is 73.3 Å². The molecule has 0 aromatic carbocycles. The highest BCUT2D eigenvalue weighted by Gasteiger charge is 2.27. The molecule has 0 spiro atoms. The lowest BCUT2D eigenvalue weighted by atomic mass is 10.3. The number of amides is 1. The van der Waals surface area contributed by atoms with Crippen molar-refractivity contribution >= 4 is 33.1 Å². The van der Waals surface area contributed by atoms with Crippen molar-refractivity contribution in [3.05, 3.63) is 36.1 Å². The molecule has 1 amide bonds. The predicted octanol–water partition coefficient (Wildman–Crippen LogP) is 0.507. The third kappa shape index (κ3) is 3.97. The van der Waals surface area contributed by atoms with E-state index in [4.69, 9.17) is 0 Å². The highest BCUT2D eigenvalue weighted by Crippen LogP contribution is 2.20. The first-order chi connectivity index (χ1) is 12.0. The molecule has 0 unspecified atom stereocenters. The van der Waals surface area contributed by atoms with Crippen LogP contribution < -0.4 is 4.90 Å². The standard InChI is InChI=1S/C15H19N5O3S2/c1-18(25(22,23)15-3-2-10-24-15)12-14(21)20-8-6-19(7-9-20)13-11-16-4-5-17-13/h2-5,10-11H,6-9,12H2,1H3. The Morgan fingerprint density at radius 3 is 2.64 bits per heavy atom. The zero-order valence-corrected chi connectivity index (χ0v) is 15.4. The molecule has 25 heavy (non-hydrogen) atoms. The van der Waals surface area contributed by atoms with Gasteiger partial charge in [-0.15, -0.1) is 11.3 Å². The summed E-state index contributed by atoms with van der Waals surface area (Å²) < 4.78 is 26.1. The first-order valence-electron chi connectivity index (χ1n) is 7.77. The Hall–Kier alpha value is -2.04. The molecule has 8 nitrogen and oxygen atoms in total. The summed E-state index contributed by atoms with van der Waals surface area (Å²) in [4.78, 5) is 24.5. The third-order valence-corrected chi connectivity index (χ3v) is 7.20. The maximum Gasteiger partial charge on any atom is 0.252 e. The van der Waals surface area contributed by atoms with Gasteiger partial charge in [-0.05, 0) is 11.4 Å². The number of aromatic nitrogens is 2. The van der Waals surface area contributed by atoms with E-state index in [0.29, 0.717) is 26.2 Å². The van der Waals surface area contributed by atoms with E-state index >= 15 is 0 Å². The summed E-state index contributed by atoms with van der Waals surface area (Å²) in [5.74, 6) is 0.591. The number of likely N-dealkylation sites (N-methyl/N-ethyl adjacent to an activating group) is 1. The van der Waals surface area contributed by atoms with E-state index in [1.165, 1.54) is 7.05 Å². The van der Waals surface area contributed by atoms with Crippen molar-refractivity contribution in [3.8, 4) is 0 Å². The zero-order chi connectivity index (χ0) is 17.9. The fraction of sp³-hybridized carbons (Fsp3) is 0.400. The van der Waals surface area contributed by atoms with Gasteiger partial charge in [0.1, 0.15) is 10.0 Å². The third-order valence-electron chi connectivity index (χ3n) is 4.02. The van der Waals surface area contributed by atoms with Crippen molar-refractivity contribution in [1.29, 1.82) is 0 Å². The molecule has 0 bridgehead atoms. The van der Waals surface area contributed by atoms with Gasteiger partial charge in [-0.1, -0.05) is 6.07 Å². The first kappa shape index (κ1) is 17.8. The second-order valence-corrected chi connectivity index (χ2v) is 8.84. The number of nitrogens with zero attached hydrogens (tertiary/aromatic N) is 5. The molecule has 10 heteroatoms. The van der Waals surface area contributed by atoms with Gasteiger partial charge in [0.25, 0.3) is 10.0 Å². The van der Waals surface area contributed by atoms with Crippen LogP contribution in [-0.2, 0) is 14.8 Å². The number of anilines is 1. The van der Waals surface area contributed by atoms with Gasteiger partial charge in [0.2, 0.25) is 5.91 Å². The van der Waals surface area contributed by atoms with Crippen molar-refractivity contribution in [2.75, 3.05) is 44.7 Å². The highest BCUT2D eigenvalue weighted by molar-refractivity contribution is 7.91. The normalized spacial score (nSPS) is 15.6. The maximum atomic E-state index is 12.4. The lowest BCUT2D eigenvalue weighted by Gasteiger charge is -2.35. The molecule has 1 fully saturated rings. The fourth-order valence-electron chi connectivity index (χ4n) is 2.58. The van der Waals surface area contributed by atoms with Crippen LogP contribution in [0, 0.1) is 0 Å². The molecule has 0 N–H and O–H groups in total. The Balaban J connectivity index is 1.56. The van der Waals surface area contributed by atoms with Crippen LogP contribution in [0.4, 0.5) is 5.82 Å². The van der Waals surface area contributed by atoms with E-state index < -0.39 is 10.0 Å².